The summed E-state index contributed by atoms with van der Waals surface area (Å²) in [6, 6.07) is 18.2. The van der Waals surface area contributed by atoms with Crippen molar-refractivity contribution in [2.45, 2.75) is 32.6 Å². The first-order valence-electron chi connectivity index (χ1n) is 8.61. The molecule has 2 heterocycles. The van der Waals surface area contributed by atoms with Crippen LogP contribution in [0.5, 0.6) is 23.1 Å². The normalized spacial score (nSPS) is 13.2. The van der Waals surface area contributed by atoms with Gasteiger partial charge in [0.2, 0.25) is 0 Å². The summed E-state index contributed by atoms with van der Waals surface area (Å²) in [5.41, 5.74) is 3.53. The summed E-state index contributed by atoms with van der Waals surface area (Å²) in [4.78, 5) is 0. The molecule has 4 nitrogen and oxygen atoms in total. The van der Waals surface area contributed by atoms with Crippen molar-refractivity contribution in [1.82, 2.24) is 10.2 Å². The molecule has 3 aromatic rings. The average molecular weight is 332 g/mol. The van der Waals surface area contributed by atoms with Crippen LogP contribution in [0.15, 0.2) is 54.6 Å². The zero-order chi connectivity index (χ0) is 17.2. The van der Waals surface area contributed by atoms with Gasteiger partial charge in [-0.2, -0.15) is 5.10 Å². The first-order valence-corrected chi connectivity index (χ1v) is 8.61. The van der Waals surface area contributed by atoms with Gasteiger partial charge in [-0.3, -0.25) is 0 Å². The fraction of sp³-hybridized carbons (Fsp3) is 0.238. The van der Waals surface area contributed by atoms with Crippen molar-refractivity contribution >= 4 is 0 Å². The Hall–Kier alpha value is -2.88. The molecule has 1 atom stereocenters. The Morgan fingerprint density at radius 2 is 1.68 bits per heavy atom. The van der Waals surface area contributed by atoms with Crippen LogP contribution in [0.3, 0.4) is 0 Å². The molecule has 4 rings (SSSR count). The van der Waals surface area contributed by atoms with Crippen LogP contribution in [-0.2, 0) is 6.42 Å². The fourth-order valence-electron chi connectivity index (χ4n) is 3.16. The van der Waals surface area contributed by atoms with E-state index in [1.54, 1.807) is 0 Å². The molecule has 0 bridgehead atoms. The molecule has 0 saturated carbocycles. The predicted molar refractivity (Wildman–Crippen MR) is 96.5 cm³/mol. The lowest BCUT2D eigenvalue weighted by molar-refractivity contribution is 0.341. The summed E-state index contributed by atoms with van der Waals surface area (Å²) in [7, 11) is 0. The minimum Gasteiger partial charge on any atom is -0.448 e. The molecule has 2 aromatic carbocycles. The second kappa shape index (κ2) is 6.55. The van der Waals surface area contributed by atoms with Gasteiger partial charge < -0.3 is 9.47 Å². The summed E-state index contributed by atoms with van der Waals surface area (Å²) in [5, 5.41) is 8.57. The van der Waals surface area contributed by atoms with Crippen molar-refractivity contribution in [3.05, 3.63) is 71.4 Å². The summed E-state index contributed by atoms with van der Waals surface area (Å²) >= 11 is 0. The average Bonchev–Trinajstić information content (AvgIpc) is 2.64. The number of rotatable bonds is 4. The van der Waals surface area contributed by atoms with Crippen LogP contribution in [0.2, 0.25) is 0 Å². The number of fused-ring (bicyclic) bond motifs is 2. The molecule has 0 spiro atoms. The molecule has 0 radical (unpaired) electrons. The van der Waals surface area contributed by atoms with Crippen molar-refractivity contribution in [3.8, 4) is 23.1 Å². The molecular formula is C21H20N2O2. The van der Waals surface area contributed by atoms with E-state index in [9.17, 15) is 0 Å². The molecule has 0 aliphatic carbocycles. The number of hydrogen-bond acceptors (Lipinski definition) is 4. The monoisotopic (exact) mass is 332 g/mol. The zero-order valence-corrected chi connectivity index (χ0v) is 14.4. The lowest BCUT2D eigenvalue weighted by atomic mass is 9.91. The number of para-hydroxylation sites is 2. The second-order valence-corrected chi connectivity index (χ2v) is 6.38. The maximum atomic E-state index is 5.93. The van der Waals surface area contributed by atoms with Crippen molar-refractivity contribution in [3.63, 3.8) is 0 Å². The predicted octanol–water partition coefficient (Wildman–Crippen LogP) is 5.42. The van der Waals surface area contributed by atoms with E-state index in [1.165, 1.54) is 11.1 Å². The smallest absolute Gasteiger partial charge is 0.282 e. The Bertz CT molecular complexity index is 908. The van der Waals surface area contributed by atoms with Crippen molar-refractivity contribution in [2.24, 2.45) is 0 Å². The maximum absolute atomic E-state index is 5.93. The van der Waals surface area contributed by atoms with Crippen LogP contribution in [0, 0.1) is 6.92 Å². The topological polar surface area (TPSA) is 44.2 Å². The van der Waals surface area contributed by atoms with E-state index in [0.29, 0.717) is 29.0 Å². The summed E-state index contributed by atoms with van der Waals surface area (Å²) in [6.45, 7) is 4.33. The summed E-state index contributed by atoms with van der Waals surface area (Å²) in [6.07, 6.45) is 1.87. The number of hydrogen-bond donors (Lipinski definition) is 0. The van der Waals surface area contributed by atoms with Gasteiger partial charge >= 0.3 is 0 Å². The van der Waals surface area contributed by atoms with Crippen molar-refractivity contribution in [2.75, 3.05) is 0 Å². The number of benzene rings is 2. The van der Waals surface area contributed by atoms with Crippen LogP contribution < -0.4 is 9.47 Å². The molecule has 4 heteroatoms. The molecule has 25 heavy (non-hydrogen) atoms. The Morgan fingerprint density at radius 3 is 2.44 bits per heavy atom. The first kappa shape index (κ1) is 15.6. The van der Waals surface area contributed by atoms with E-state index in [-0.39, 0.29) is 0 Å². The van der Waals surface area contributed by atoms with Crippen LogP contribution in [0.4, 0.5) is 0 Å². The molecule has 0 N–H and O–H groups in total. The molecule has 1 aliphatic heterocycles. The van der Waals surface area contributed by atoms with E-state index >= 15 is 0 Å². The maximum Gasteiger partial charge on any atom is 0.282 e. The lowest BCUT2D eigenvalue weighted by Crippen LogP contribution is -2.07. The Morgan fingerprint density at radius 1 is 0.880 bits per heavy atom. The molecule has 1 unspecified atom stereocenters. The third kappa shape index (κ3) is 3.20. The van der Waals surface area contributed by atoms with E-state index in [4.69, 9.17) is 9.47 Å². The third-order valence-electron chi connectivity index (χ3n) is 4.52. The highest BCUT2D eigenvalue weighted by Crippen LogP contribution is 2.43. The van der Waals surface area contributed by atoms with E-state index in [1.807, 2.05) is 30.3 Å². The zero-order valence-electron chi connectivity index (χ0n) is 14.4. The van der Waals surface area contributed by atoms with Gasteiger partial charge in [0.1, 0.15) is 0 Å². The molecule has 1 aromatic heterocycles. The molecule has 0 amide bonds. The number of nitrogens with zero attached hydrogens (tertiary/aromatic N) is 2. The van der Waals surface area contributed by atoms with Crippen LogP contribution in [-0.4, -0.2) is 10.2 Å². The van der Waals surface area contributed by atoms with Gasteiger partial charge in [-0.1, -0.05) is 48.9 Å². The van der Waals surface area contributed by atoms with Gasteiger partial charge in [0, 0.05) is 6.07 Å². The fourth-order valence-corrected chi connectivity index (χ4v) is 3.16. The second-order valence-electron chi connectivity index (χ2n) is 6.38. The van der Waals surface area contributed by atoms with Gasteiger partial charge in [-0.25, -0.2) is 0 Å². The molecule has 1 aliphatic rings. The van der Waals surface area contributed by atoms with Crippen molar-refractivity contribution in [1.29, 1.82) is 0 Å². The van der Waals surface area contributed by atoms with Crippen molar-refractivity contribution < 1.29 is 9.47 Å². The lowest BCUT2D eigenvalue weighted by Gasteiger charge is -2.20. The highest BCUT2D eigenvalue weighted by atomic mass is 16.6. The summed E-state index contributed by atoms with van der Waals surface area (Å²) in [5.74, 6) is 2.83. The van der Waals surface area contributed by atoms with Gasteiger partial charge in [0.15, 0.2) is 17.2 Å². The molecule has 0 fully saturated rings. The highest BCUT2D eigenvalue weighted by molar-refractivity contribution is 5.51. The highest BCUT2D eigenvalue weighted by Gasteiger charge is 2.21. The number of aromatic nitrogens is 2. The first-order chi connectivity index (χ1) is 12.2. The van der Waals surface area contributed by atoms with Gasteiger partial charge in [0.25, 0.3) is 5.88 Å². The van der Waals surface area contributed by atoms with E-state index in [0.717, 1.165) is 18.5 Å². The SMILES string of the molecule is CCC(Cc1cc2c(nn1)Oc1ccccc1O2)c1cccc(C)c1. The molecule has 126 valence electrons. The number of ether oxygens (including phenoxy) is 2. The minimum atomic E-state index is 0.407. The number of aryl methyl sites for hydroxylation is 1. The Kier molecular flexibility index (Phi) is 4.10. The minimum absolute atomic E-state index is 0.407. The molecular weight excluding hydrogens is 312 g/mol. The Balaban J connectivity index is 1.58. The largest absolute Gasteiger partial charge is 0.448 e. The van der Waals surface area contributed by atoms with Gasteiger partial charge in [-0.05, 0) is 43.4 Å². The van der Waals surface area contributed by atoms with Gasteiger partial charge in [0.05, 0.1) is 5.69 Å². The van der Waals surface area contributed by atoms with Crippen LogP contribution in [0.25, 0.3) is 0 Å². The Labute approximate surface area is 147 Å². The summed E-state index contributed by atoms with van der Waals surface area (Å²) < 4.78 is 11.7. The third-order valence-corrected chi connectivity index (χ3v) is 4.52. The molecule has 0 saturated heterocycles. The van der Waals surface area contributed by atoms with Crippen LogP contribution >= 0.6 is 0 Å². The van der Waals surface area contributed by atoms with E-state index < -0.39 is 0 Å². The quantitative estimate of drug-likeness (QED) is 0.500. The standard InChI is InChI=1S/C21H20N2O2/c1-3-15(16-8-6-7-14(2)11-16)12-17-13-20-21(23-22-17)25-19-10-5-4-9-18(19)24-20/h4-11,13,15H,3,12H2,1-2H3. The van der Waals surface area contributed by atoms with E-state index in [2.05, 4.69) is 48.3 Å². The van der Waals surface area contributed by atoms with Gasteiger partial charge in [-0.15, -0.1) is 5.10 Å². The van der Waals surface area contributed by atoms with Crippen LogP contribution in [0.1, 0.15) is 36.1 Å².